The summed E-state index contributed by atoms with van der Waals surface area (Å²) in [5.74, 6) is -0.531. The molecule has 0 unspecified atom stereocenters. The fourth-order valence-corrected chi connectivity index (χ4v) is 2.32. The molecule has 0 fully saturated rings. The van der Waals surface area contributed by atoms with Gasteiger partial charge in [-0.15, -0.1) is 0 Å². The van der Waals surface area contributed by atoms with E-state index in [-0.39, 0.29) is 17.8 Å². The molecule has 1 atom stereocenters. The van der Waals surface area contributed by atoms with Crippen molar-refractivity contribution in [1.82, 2.24) is 10.3 Å². The Morgan fingerprint density at radius 2 is 1.90 bits per heavy atom. The Balaban J connectivity index is 1.80. The van der Waals surface area contributed by atoms with Crippen molar-refractivity contribution < 1.29 is 9.18 Å². The van der Waals surface area contributed by atoms with Gasteiger partial charge >= 0.3 is 0 Å². The van der Waals surface area contributed by atoms with Crippen molar-refractivity contribution in [2.24, 2.45) is 0 Å². The summed E-state index contributed by atoms with van der Waals surface area (Å²) in [7, 11) is 0. The number of rotatable bonds is 3. The maximum atomic E-state index is 13.2. The Bertz CT molecular complexity index is 780. The summed E-state index contributed by atoms with van der Waals surface area (Å²) in [6.45, 7) is 1.93. The number of nitrogens with one attached hydrogen (secondary N) is 2. The highest BCUT2D eigenvalue weighted by atomic mass is 19.1. The third-order valence-corrected chi connectivity index (χ3v) is 3.48. The normalized spacial score (nSPS) is 12.3. The van der Waals surface area contributed by atoms with Crippen LogP contribution in [0.25, 0.3) is 10.9 Å². The van der Waals surface area contributed by atoms with Crippen molar-refractivity contribution >= 4 is 16.8 Å². The molecule has 21 heavy (non-hydrogen) atoms. The molecule has 2 aromatic carbocycles. The standard InChI is InChI=1S/C17H15FN2O/c1-11(12-5-3-2-4-6-12)19-17(21)16-9-13-7-8-14(18)10-15(13)20-16/h2-11,20H,1H3,(H,19,21)/t11-/m1/s1. The van der Waals surface area contributed by atoms with E-state index in [4.69, 9.17) is 0 Å². The second-order valence-electron chi connectivity index (χ2n) is 5.02. The summed E-state index contributed by atoms with van der Waals surface area (Å²) in [5, 5.41) is 3.74. The first-order valence-electron chi connectivity index (χ1n) is 6.77. The largest absolute Gasteiger partial charge is 0.350 e. The van der Waals surface area contributed by atoms with Crippen molar-refractivity contribution in [1.29, 1.82) is 0 Å². The smallest absolute Gasteiger partial charge is 0.268 e. The predicted octanol–water partition coefficient (Wildman–Crippen LogP) is 3.80. The van der Waals surface area contributed by atoms with Gasteiger partial charge in [0.2, 0.25) is 0 Å². The molecule has 1 aromatic heterocycles. The van der Waals surface area contributed by atoms with Crippen LogP contribution in [0.4, 0.5) is 4.39 Å². The fraction of sp³-hybridized carbons (Fsp3) is 0.118. The zero-order chi connectivity index (χ0) is 14.8. The summed E-state index contributed by atoms with van der Waals surface area (Å²) < 4.78 is 13.2. The van der Waals surface area contributed by atoms with E-state index in [0.29, 0.717) is 11.2 Å². The lowest BCUT2D eigenvalue weighted by Gasteiger charge is -2.13. The third kappa shape index (κ3) is 2.79. The lowest BCUT2D eigenvalue weighted by atomic mass is 10.1. The van der Waals surface area contributed by atoms with E-state index in [1.807, 2.05) is 37.3 Å². The average molecular weight is 282 g/mol. The molecule has 0 saturated heterocycles. The van der Waals surface area contributed by atoms with Gasteiger partial charge in [-0.2, -0.15) is 0 Å². The van der Waals surface area contributed by atoms with Crippen LogP contribution in [0.3, 0.4) is 0 Å². The van der Waals surface area contributed by atoms with Crippen LogP contribution in [-0.4, -0.2) is 10.9 Å². The van der Waals surface area contributed by atoms with E-state index in [9.17, 15) is 9.18 Å². The molecule has 106 valence electrons. The first-order valence-corrected chi connectivity index (χ1v) is 6.77. The minimum Gasteiger partial charge on any atom is -0.350 e. The number of amides is 1. The number of aromatic nitrogens is 1. The van der Waals surface area contributed by atoms with Crippen molar-refractivity contribution in [2.75, 3.05) is 0 Å². The highest BCUT2D eigenvalue weighted by Crippen LogP contribution is 2.18. The molecule has 1 amide bonds. The molecule has 0 spiro atoms. The zero-order valence-corrected chi connectivity index (χ0v) is 11.6. The highest BCUT2D eigenvalue weighted by molar-refractivity contribution is 5.98. The van der Waals surface area contributed by atoms with Gasteiger partial charge in [0.1, 0.15) is 11.5 Å². The van der Waals surface area contributed by atoms with Gasteiger partial charge in [-0.25, -0.2) is 4.39 Å². The minimum absolute atomic E-state index is 0.0955. The lowest BCUT2D eigenvalue weighted by molar-refractivity contribution is 0.0935. The van der Waals surface area contributed by atoms with Crippen LogP contribution in [0.5, 0.6) is 0 Å². The van der Waals surface area contributed by atoms with Crippen molar-refractivity contribution in [3.8, 4) is 0 Å². The van der Waals surface area contributed by atoms with Crippen LogP contribution in [0.2, 0.25) is 0 Å². The number of hydrogen-bond acceptors (Lipinski definition) is 1. The maximum absolute atomic E-state index is 13.2. The average Bonchev–Trinajstić information content (AvgIpc) is 2.91. The molecule has 1 heterocycles. The van der Waals surface area contributed by atoms with E-state index in [1.165, 1.54) is 12.1 Å². The van der Waals surface area contributed by atoms with Gasteiger partial charge in [-0.05, 0) is 36.8 Å². The second-order valence-corrected chi connectivity index (χ2v) is 5.02. The van der Waals surface area contributed by atoms with Crippen LogP contribution in [0.1, 0.15) is 29.0 Å². The molecule has 4 heteroatoms. The van der Waals surface area contributed by atoms with Crippen molar-refractivity contribution in [3.63, 3.8) is 0 Å². The topological polar surface area (TPSA) is 44.9 Å². The van der Waals surface area contributed by atoms with Gasteiger partial charge in [0.25, 0.3) is 5.91 Å². The third-order valence-electron chi connectivity index (χ3n) is 3.48. The number of carbonyl (C=O) groups is 1. The van der Waals surface area contributed by atoms with Crippen LogP contribution in [-0.2, 0) is 0 Å². The molecule has 0 aliphatic heterocycles. The first kappa shape index (κ1) is 13.4. The Labute approximate surface area is 121 Å². The van der Waals surface area contributed by atoms with Crippen LogP contribution >= 0.6 is 0 Å². The molecule has 0 aliphatic rings. The van der Waals surface area contributed by atoms with E-state index in [2.05, 4.69) is 10.3 Å². The van der Waals surface area contributed by atoms with Gasteiger partial charge in [0.15, 0.2) is 0 Å². The second kappa shape index (κ2) is 5.40. The van der Waals surface area contributed by atoms with Crippen molar-refractivity contribution in [3.05, 3.63) is 71.7 Å². The highest BCUT2D eigenvalue weighted by Gasteiger charge is 2.13. The fourth-order valence-electron chi connectivity index (χ4n) is 2.32. The maximum Gasteiger partial charge on any atom is 0.268 e. The van der Waals surface area contributed by atoms with Gasteiger partial charge in [0.05, 0.1) is 6.04 Å². The Morgan fingerprint density at radius 1 is 1.14 bits per heavy atom. The molecule has 0 aliphatic carbocycles. The molecule has 2 N–H and O–H groups in total. The Kier molecular flexibility index (Phi) is 3.44. The molecule has 3 nitrogen and oxygen atoms in total. The van der Waals surface area contributed by atoms with Gasteiger partial charge in [-0.1, -0.05) is 30.3 Å². The number of H-pyrrole nitrogens is 1. The van der Waals surface area contributed by atoms with E-state index < -0.39 is 0 Å². The van der Waals surface area contributed by atoms with E-state index in [0.717, 1.165) is 10.9 Å². The summed E-state index contributed by atoms with van der Waals surface area (Å²) in [5.41, 5.74) is 2.08. The Hall–Kier alpha value is -2.62. The molecule has 3 aromatic rings. The number of halogens is 1. The first-order chi connectivity index (χ1) is 10.1. The van der Waals surface area contributed by atoms with Crippen molar-refractivity contribution in [2.45, 2.75) is 13.0 Å². The van der Waals surface area contributed by atoms with Gasteiger partial charge in [0, 0.05) is 10.9 Å². The summed E-state index contributed by atoms with van der Waals surface area (Å²) in [6, 6.07) is 15.8. The Morgan fingerprint density at radius 3 is 2.67 bits per heavy atom. The SMILES string of the molecule is C[C@@H](NC(=O)c1cc2ccc(F)cc2[nH]1)c1ccccc1. The quantitative estimate of drug-likeness (QED) is 0.754. The number of fused-ring (bicyclic) bond motifs is 1. The van der Waals surface area contributed by atoms with Crippen LogP contribution in [0.15, 0.2) is 54.6 Å². The number of benzene rings is 2. The lowest BCUT2D eigenvalue weighted by Crippen LogP contribution is -2.26. The molecule has 3 rings (SSSR count). The number of aromatic amines is 1. The van der Waals surface area contributed by atoms with Crippen LogP contribution in [0, 0.1) is 5.82 Å². The molecule has 0 radical (unpaired) electrons. The molecular weight excluding hydrogens is 267 g/mol. The monoisotopic (exact) mass is 282 g/mol. The zero-order valence-electron chi connectivity index (χ0n) is 11.6. The van der Waals surface area contributed by atoms with E-state index >= 15 is 0 Å². The van der Waals surface area contributed by atoms with Crippen LogP contribution < -0.4 is 5.32 Å². The van der Waals surface area contributed by atoms with E-state index in [1.54, 1.807) is 12.1 Å². The molecule has 0 saturated carbocycles. The minimum atomic E-state index is -0.325. The van der Waals surface area contributed by atoms with Gasteiger partial charge in [-0.3, -0.25) is 4.79 Å². The summed E-state index contributed by atoms with van der Waals surface area (Å²) in [6.07, 6.45) is 0. The molecule has 0 bridgehead atoms. The molecular formula is C17H15FN2O. The summed E-state index contributed by atoms with van der Waals surface area (Å²) >= 11 is 0. The summed E-state index contributed by atoms with van der Waals surface area (Å²) in [4.78, 5) is 15.2. The number of hydrogen-bond donors (Lipinski definition) is 2. The predicted molar refractivity (Wildman–Crippen MR) is 80.6 cm³/mol. The van der Waals surface area contributed by atoms with Gasteiger partial charge < -0.3 is 10.3 Å². The number of carbonyl (C=O) groups excluding carboxylic acids is 1.